The Bertz CT molecular complexity index is 1060. The van der Waals surface area contributed by atoms with Gasteiger partial charge in [0, 0.05) is 10.9 Å². The maximum atomic E-state index is 10.8. The van der Waals surface area contributed by atoms with Crippen LogP contribution in [0.15, 0.2) is 67.1 Å². The molecular weight excluding hydrogens is 318 g/mol. The maximum Gasteiger partial charge on any atom is 0.381 e. The Balaban J connectivity index is 1.80. The van der Waals surface area contributed by atoms with Gasteiger partial charge in [0.1, 0.15) is 12.0 Å². The van der Waals surface area contributed by atoms with Crippen LogP contribution < -0.4 is 0 Å². The average Bonchev–Trinajstić information content (AvgIpc) is 3.10. The van der Waals surface area contributed by atoms with Crippen LogP contribution in [0.2, 0.25) is 0 Å². The fourth-order valence-electron chi connectivity index (χ4n) is 2.70. The van der Waals surface area contributed by atoms with Crippen LogP contribution in [-0.2, 0) is 6.54 Å². The van der Waals surface area contributed by atoms with Crippen LogP contribution >= 0.6 is 0 Å². The molecule has 4 aromatic rings. The van der Waals surface area contributed by atoms with Gasteiger partial charge in [-0.25, -0.2) is 9.97 Å². The predicted molar refractivity (Wildman–Crippen MR) is 93.0 cm³/mol. The summed E-state index contributed by atoms with van der Waals surface area (Å²) in [4.78, 5) is 23.3. The predicted octanol–water partition coefficient (Wildman–Crippen LogP) is 3.45. The van der Waals surface area contributed by atoms with Crippen LogP contribution in [0.3, 0.4) is 0 Å². The summed E-state index contributed by atoms with van der Waals surface area (Å²) in [5, 5.41) is 11.7. The largest absolute Gasteiger partial charge is 0.381 e. The molecule has 0 saturated carbocycles. The molecule has 4 rings (SSSR count). The lowest BCUT2D eigenvalue weighted by atomic mass is 10.1. The number of benzene rings is 2. The van der Waals surface area contributed by atoms with E-state index in [0.717, 1.165) is 22.2 Å². The van der Waals surface area contributed by atoms with Gasteiger partial charge in [-0.3, -0.25) is 0 Å². The van der Waals surface area contributed by atoms with Crippen LogP contribution in [0.1, 0.15) is 5.82 Å². The molecule has 25 heavy (non-hydrogen) atoms. The molecule has 122 valence electrons. The number of aromatic nitrogens is 4. The van der Waals surface area contributed by atoms with Crippen molar-refractivity contribution in [1.82, 2.24) is 19.5 Å². The lowest BCUT2D eigenvalue weighted by Crippen LogP contribution is -2.04. The fourth-order valence-corrected chi connectivity index (χ4v) is 2.70. The molecule has 7 nitrogen and oxygen atoms in total. The average molecular weight is 331 g/mol. The molecule has 0 N–H and O–H groups in total. The molecule has 0 atom stereocenters. The number of fused-ring (bicyclic) bond motifs is 1. The minimum atomic E-state index is -0.521. The van der Waals surface area contributed by atoms with Crippen molar-refractivity contribution in [2.75, 3.05) is 0 Å². The Hall–Kier alpha value is -3.61. The second-order valence-electron chi connectivity index (χ2n) is 5.53. The van der Waals surface area contributed by atoms with Gasteiger partial charge in [-0.2, -0.15) is 0 Å². The van der Waals surface area contributed by atoms with E-state index in [0.29, 0.717) is 12.4 Å². The molecule has 0 bridgehead atoms. The molecular formula is C18H13N5O2. The van der Waals surface area contributed by atoms with E-state index in [4.69, 9.17) is 4.98 Å². The highest BCUT2D eigenvalue weighted by Gasteiger charge is 2.13. The van der Waals surface area contributed by atoms with Gasteiger partial charge >= 0.3 is 5.82 Å². The smallest absolute Gasteiger partial charge is 0.358 e. The first kappa shape index (κ1) is 14.9. The molecule has 0 aliphatic heterocycles. The molecule has 0 fully saturated rings. The monoisotopic (exact) mass is 331 g/mol. The summed E-state index contributed by atoms with van der Waals surface area (Å²) in [5.41, 5.74) is 2.68. The zero-order chi connectivity index (χ0) is 17.2. The lowest BCUT2D eigenvalue weighted by molar-refractivity contribution is -0.389. The minimum absolute atomic E-state index is 0.191. The lowest BCUT2D eigenvalue weighted by Gasteiger charge is -2.09. The van der Waals surface area contributed by atoms with E-state index in [1.165, 1.54) is 12.5 Å². The van der Waals surface area contributed by atoms with Crippen molar-refractivity contribution in [2.45, 2.75) is 6.54 Å². The Morgan fingerprint density at radius 2 is 1.76 bits per heavy atom. The van der Waals surface area contributed by atoms with Crippen LogP contribution in [0.25, 0.3) is 22.2 Å². The van der Waals surface area contributed by atoms with E-state index in [9.17, 15) is 10.1 Å². The molecule has 2 heterocycles. The summed E-state index contributed by atoms with van der Waals surface area (Å²) < 4.78 is 1.61. The number of nitro groups is 1. The Morgan fingerprint density at radius 1 is 1.00 bits per heavy atom. The van der Waals surface area contributed by atoms with Crippen molar-refractivity contribution in [2.24, 2.45) is 0 Å². The topological polar surface area (TPSA) is 86.7 Å². The first-order chi connectivity index (χ1) is 12.2. The number of rotatable bonds is 4. The van der Waals surface area contributed by atoms with E-state index in [1.807, 2.05) is 54.6 Å². The Kier molecular flexibility index (Phi) is 3.66. The molecule has 2 aromatic heterocycles. The summed E-state index contributed by atoms with van der Waals surface area (Å²) in [6, 6.07) is 17.7. The molecule has 0 aliphatic carbocycles. The summed E-state index contributed by atoms with van der Waals surface area (Å²) in [6.45, 7) is 0.311. The number of para-hydroxylation sites is 1. The van der Waals surface area contributed by atoms with Gasteiger partial charge in [-0.1, -0.05) is 48.5 Å². The van der Waals surface area contributed by atoms with Crippen molar-refractivity contribution >= 4 is 16.7 Å². The number of imidazole rings is 1. The first-order valence-electron chi connectivity index (χ1n) is 7.68. The molecule has 0 unspecified atom stereocenters. The summed E-state index contributed by atoms with van der Waals surface area (Å²) in [6.07, 6.45) is 2.79. The normalized spacial score (nSPS) is 10.9. The van der Waals surface area contributed by atoms with Crippen molar-refractivity contribution in [3.8, 4) is 11.3 Å². The molecule has 7 heteroatoms. The Morgan fingerprint density at radius 3 is 2.52 bits per heavy atom. The van der Waals surface area contributed by atoms with Gasteiger partial charge in [0.2, 0.25) is 6.33 Å². The van der Waals surface area contributed by atoms with E-state index >= 15 is 0 Å². The highest BCUT2D eigenvalue weighted by atomic mass is 16.6. The van der Waals surface area contributed by atoms with Crippen molar-refractivity contribution in [3.63, 3.8) is 0 Å². The van der Waals surface area contributed by atoms with Gasteiger partial charge in [0.25, 0.3) is 0 Å². The zero-order valence-electron chi connectivity index (χ0n) is 13.1. The van der Waals surface area contributed by atoms with Gasteiger partial charge < -0.3 is 14.7 Å². The van der Waals surface area contributed by atoms with E-state index < -0.39 is 4.92 Å². The fraction of sp³-hybridized carbons (Fsp3) is 0.0556. The third-order valence-electron chi connectivity index (χ3n) is 3.83. The molecule has 2 aromatic carbocycles. The Labute approximate surface area is 142 Å². The minimum Gasteiger partial charge on any atom is -0.358 e. The molecule has 0 radical (unpaired) electrons. The number of hydrogen-bond acceptors (Lipinski definition) is 5. The van der Waals surface area contributed by atoms with Crippen LogP contribution in [0.5, 0.6) is 0 Å². The third-order valence-corrected chi connectivity index (χ3v) is 3.83. The number of nitrogens with zero attached hydrogens (tertiary/aromatic N) is 5. The molecule has 0 saturated heterocycles. The summed E-state index contributed by atoms with van der Waals surface area (Å²) in [7, 11) is 0. The van der Waals surface area contributed by atoms with Crippen LogP contribution in [0, 0.1) is 10.1 Å². The highest BCUT2D eigenvalue weighted by molar-refractivity contribution is 5.92. The second-order valence-corrected chi connectivity index (χ2v) is 5.53. The number of hydrogen-bond donors (Lipinski definition) is 0. The first-order valence-corrected chi connectivity index (χ1v) is 7.68. The van der Waals surface area contributed by atoms with Gasteiger partial charge in [-0.05, 0) is 16.0 Å². The summed E-state index contributed by atoms with van der Waals surface area (Å²) >= 11 is 0. The van der Waals surface area contributed by atoms with Crippen molar-refractivity contribution in [1.29, 1.82) is 0 Å². The highest BCUT2D eigenvalue weighted by Crippen LogP contribution is 2.26. The van der Waals surface area contributed by atoms with Crippen molar-refractivity contribution in [3.05, 3.63) is 83.1 Å². The second kappa shape index (κ2) is 6.12. The third kappa shape index (κ3) is 2.94. The molecule has 0 aliphatic rings. The zero-order valence-corrected chi connectivity index (χ0v) is 13.1. The van der Waals surface area contributed by atoms with Crippen molar-refractivity contribution < 1.29 is 4.92 Å². The van der Waals surface area contributed by atoms with E-state index in [-0.39, 0.29) is 5.82 Å². The quantitative estimate of drug-likeness (QED) is 0.422. The maximum absolute atomic E-state index is 10.8. The SMILES string of the molecule is O=[N+]([O-])c1cn(Cc2nc(-c3ccccc3)c3ccccc3n2)cn1. The summed E-state index contributed by atoms with van der Waals surface area (Å²) in [5.74, 6) is 0.383. The van der Waals surface area contributed by atoms with E-state index in [1.54, 1.807) is 4.57 Å². The van der Waals surface area contributed by atoms with Crippen LogP contribution in [-0.4, -0.2) is 24.4 Å². The van der Waals surface area contributed by atoms with E-state index in [2.05, 4.69) is 9.97 Å². The van der Waals surface area contributed by atoms with Gasteiger partial charge in [0.05, 0.1) is 17.8 Å². The molecule has 0 amide bonds. The van der Waals surface area contributed by atoms with Gasteiger partial charge in [-0.15, -0.1) is 0 Å². The van der Waals surface area contributed by atoms with Gasteiger partial charge in [0.15, 0.2) is 0 Å². The van der Waals surface area contributed by atoms with Crippen LogP contribution in [0.4, 0.5) is 5.82 Å². The molecule has 0 spiro atoms. The standard InChI is InChI=1S/C18H13N5O2/c24-23(25)17-11-22(12-19-17)10-16-20-15-9-5-4-8-14(15)18(21-16)13-6-2-1-3-7-13/h1-9,11-12H,10H2.